The molecule has 1 unspecified atom stereocenters. The van der Waals surface area contributed by atoms with Gasteiger partial charge in [-0.2, -0.15) is 9.97 Å². The molecule has 138 valence electrons. The summed E-state index contributed by atoms with van der Waals surface area (Å²) in [5, 5.41) is 0. The number of rotatable bonds is 12. The highest BCUT2D eigenvalue weighted by molar-refractivity contribution is 8.89. The van der Waals surface area contributed by atoms with E-state index in [1.807, 2.05) is 27.7 Å². The van der Waals surface area contributed by atoms with E-state index in [1.165, 1.54) is 22.8 Å². The fourth-order valence-electron chi connectivity index (χ4n) is 1.63. The lowest BCUT2D eigenvalue weighted by Crippen LogP contribution is -2.10. The van der Waals surface area contributed by atoms with Crippen LogP contribution in [0.5, 0.6) is 11.9 Å². The molecule has 0 saturated heterocycles. The largest absolute Gasteiger partial charge is 0.478 e. The highest BCUT2D eigenvalue weighted by Gasteiger charge is 2.24. The molecule has 1 rings (SSSR count). The Bertz CT molecular complexity index is 546. The molecule has 6 nitrogen and oxygen atoms in total. The topological polar surface area (TPSA) is 70.5 Å². The molecular formula is C15H27N2O4PS2. The lowest BCUT2D eigenvalue weighted by molar-refractivity contribution is 0.216. The van der Waals surface area contributed by atoms with Crippen LogP contribution >= 0.6 is 28.5 Å². The highest BCUT2D eigenvalue weighted by Crippen LogP contribution is 2.70. The van der Waals surface area contributed by atoms with Crippen LogP contribution in [-0.4, -0.2) is 35.0 Å². The average molecular weight is 394 g/mol. The summed E-state index contributed by atoms with van der Waals surface area (Å²) < 4.78 is 29.4. The lowest BCUT2D eigenvalue weighted by Gasteiger charge is -2.16. The molecule has 0 aliphatic rings. The van der Waals surface area contributed by atoms with Crippen molar-refractivity contribution in [2.24, 2.45) is 0 Å². The molecule has 0 fully saturated rings. The minimum absolute atomic E-state index is 0.0305. The molecule has 0 aliphatic heterocycles. The van der Waals surface area contributed by atoms with Gasteiger partial charge in [-0.15, -0.1) is 0 Å². The van der Waals surface area contributed by atoms with Gasteiger partial charge in [-0.05, 0) is 34.1 Å². The second-order valence-electron chi connectivity index (χ2n) is 5.05. The first-order chi connectivity index (χ1) is 11.4. The van der Waals surface area contributed by atoms with Crippen molar-refractivity contribution in [3.8, 4) is 11.9 Å². The van der Waals surface area contributed by atoms with Gasteiger partial charge in [0.25, 0.3) is 0 Å². The SMILES string of the molecule is CCCSP(=O)(OCC)SCc1cc(OCC)nc(OC(C)C)n1. The van der Waals surface area contributed by atoms with Crippen LogP contribution in [0.1, 0.15) is 46.7 Å². The Morgan fingerprint density at radius 2 is 1.92 bits per heavy atom. The number of hydrogen-bond donors (Lipinski definition) is 0. The average Bonchev–Trinajstić information content (AvgIpc) is 2.51. The van der Waals surface area contributed by atoms with Crippen molar-refractivity contribution in [3.63, 3.8) is 0 Å². The predicted octanol–water partition coefficient (Wildman–Crippen LogP) is 5.18. The molecule has 1 heterocycles. The molecule has 9 heteroatoms. The molecule has 24 heavy (non-hydrogen) atoms. The maximum Gasteiger partial charge on any atom is 0.320 e. The van der Waals surface area contributed by atoms with E-state index in [-0.39, 0.29) is 12.1 Å². The summed E-state index contributed by atoms with van der Waals surface area (Å²) in [6.45, 7) is 10.6. The zero-order chi connectivity index (χ0) is 18.0. The summed E-state index contributed by atoms with van der Waals surface area (Å²) in [4.78, 5) is 8.60. The van der Waals surface area contributed by atoms with Gasteiger partial charge >= 0.3 is 11.8 Å². The summed E-state index contributed by atoms with van der Waals surface area (Å²) in [6, 6.07) is 2.03. The van der Waals surface area contributed by atoms with Gasteiger partial charge in [0.1, 0.15) is 0 Å². The number of nitrogens with zero attached hydrogens (tertiary/aromatic N) is 2. The molecule has 0 bridgehead atoms. The summed E-state index contributed by atoms with van der Waals surface area (Å²) in [5.41, 5.74) is 0.714. The van der Waals surface area contributed by atoms with Crippen molar-refractivity contribution >= 4 is 28.5 Å². The van der Waals surface area contributed by atoms with Gasteiger partial charge in [-0.25, -0.2) is 0 Å². The van der Waals surface area contributed by atoms with Crippen LogP contribution in [0.25, 0.3) is 0 Å². The Hall–Kier alpha value is -0.430. The van der Waals surface area contributed by atoms with Crippen molar-refractivity contribution in [1.82, 2.24) is 9.97 Å². The van der Waals surface area contributed by atoms with Crippen molar-refractivity contribution in [2.75, 3.05) is 19.0 Å². The molecule has 1 aromatic rings. The van der Waals surface area contributed by atoms with E-state index < -0.39 is 5.77 Å². The lowest BCUT2D eigenvalue weighted by atomic mass is 10.4. The van der Waals surface area contributed by atoms with Crippen LogP contribution in [0.4, 0.5) is 0 Å². The molecule has 0 radical (unpaired) electrons. The van der Waals surface area contributed by atoms with Crippen molar-refractivity contribution in [2.45, 2.75) is 52.9 Å². The summed E-state index contributed by atoms with van der Waals surface area (Å²) in [5.74, 6) is -1.06. The molecule has 0 amide bonds. The first-order valence-electron chi connectivity index (χ1n) is 8.13. The second kappa shape index (κ2) is 11.2. The van der Waals surface area contributed by atoms with Gasteiger partial charge in [0.05, 0.1) is 25.0 Å². The highest BCUT2D eigenvalue weighted by atomic mass is 33.1. The molecule has 0 spiro atoms. The van der Waals surface area contributed by atoms with E-state index in [0.29, 0.717) is 30.5 Å². The van der Waals surface area contributed by atoms with Crippen molar-refractivity contribution in [1.29, 1.82) is 0 Å². The molecule has 1 aromatic heterocycles. The number of ether oxygens (including phenoxy) is 2. The summed E-state index contributed by atoms with van der Waals surface area (Å²) in [6.07, 6.45) is 0.924. The number of hydrogen-bond acceptors (Lipinski definition) is 8. The maximum absolute atomic E-state index is 12.8. The van der Waals surface area contributed by atoms with Crippen molar-refractivity contribution < 1.29 is 18.6 Å². The summed E-state index contributed by atoms with van der Waals surface area (Å²) >= 11 is 2.68. The molecule has 0 N–H and O–H groups in total. The monoisotopic (exact) mass is 394 g/mol. The minimum Gasteiger partial charge on any atom is -0.478 e. The van der Waals surface area contributed by atoms with Crippen LogP contribution in [0.2, 0.25) is 0 Å². The first-order valence-corrected chi connectivity index (χ1v) is 12.9. The number of aromatic nitrogens is 2. The van der Waals surface area contributed by atoms with E-state index in [0.717, 1.165) is 12.2 Å². The zero-order valence-electron chi connectivity index (χ0n) is 15.0. The van der Waals surface area contributed by atoms with Gasteiger partial charge in [0.15, 0.2) is 0 Å². The van der Waals surface area contributed by atoms with Crippen molar-refractivity contribution in [3.05, 3.63) is 11.8 Å². The quantitative estimate of drug-likeness (QED) is 0.449. The van der Waals surface area contributed by atoms with Crippen LogP contribution < -0.4 is 9.47 Å². The first kappa shape index (κ1) is 21.6. The van der Waals surface area contributed by atoms with E-state index in [1.54, 1.807) is 6.07 Å². The van der Waals surface area contributed by atoms with Crippen LogP contribution in [0, 0.1) is 0 Å². The van der Waals surface area contributed by atoms with Crippen LogP contribution in [-0.2, 0) is 14.8 Å². The Labute approximate surface area is 152 Å². The smallest absolute Gasteiger partial charge is 0.320 e. The van der Waals surface area contributed by atoms with E-state index in [9.17, 15) is 4.57 Å². The Morgan fingerprint density at radius 1 is 1.17 bits per heavy atom. The summed E-state index contributed by atoms with van der Waals surface area (Å²) in [7, 11) is 0. The minimum atomic E-state index is -2.78. The van der Waals surface area contributed by atoms with Gasteiger partial charge in [0.2, 0.25) is 5.88 Å². The Kier molecular flexibility index (Phi) is 10.1. The Balaban J connectivity index is 2.86. The molecule has 0 aliphatic carbocycles. The van der Waals surface area contributed by atoms with Gasteiger partial charge < -0.3 is 14.0 Å². The third-order valence-electron chi connectivity index (χ3n) is 2.48. The van der Waals surface area contributed by atoms with Crippen LogP contribution in [0.15, 0.2) is 6.07 Å². The fourth-order valence-corrected chi connectivity index (χ4v) is 8.22. The fraction of sp³-hybridized carbons (Fsp3) is 0.733. The normalized spacial score (nSPS) is 13.8. The van der Waals surface area contributed by atoms with Gasteiger partial charge in [0, 0.05) is 17.6 Å². The van der Waals surface area contributed by atoms with E-state index >= 15 is 0 Å². The van der Waals surface area contributed by atoms with Crippen LogP contribution in [0.3, 0.4) is 0 Å². The maximum atomic E-state index is 12.8. The van der Waals surface area contributed by atoms with E-state index in [2.05, 4.69) is 16.9 Å². The zero-order valence-corrected chi connectivity index (χ0v) is 17.5. The second-order valence-corrected chi connectivity index (χ2v) is 12.5. The molecule has 1 atom stereocenters. The van der Waals surface area contributed by atoms with Gasteiger partial charge in [-0.3, -0.25) is 4.57 Å². The third-order valence-corrected chi connectivity index (χ3v) is 10.1. The molecule has 0 aromatic carbocycles. The standard InChI is InChI=1S/C15H27N2O4PS2/c1-6-9-23-22(18,20-8-3)24-11-13-10-14(19-7-2)17-15(16-13)21-12(4)5/h10,12H,6-9,11H2,1-5H3. The van der Waals surface area contributed by atoms with E-state index in [4.69, 9.17) is 14.0 Å². The Morgan fingerprint density at radius 3 is 2.50 bits per heavy atom. The van der Waals surface area contributed by atoms with Gasteiger partial charge in [-0.1, -0.05) is 29.7 Å². The molecular weight excluding hydrogens is 367 g/mol. The predicted molar refractivity (Wildman–Crippen MR) is 102 cm³/mol. The molecule has 0 saturated carbocycles. The third kappa shape index (κ3) is 8.10.